The molecule has 1 fully saturated rings. The van der Waals surface area contributed by atoms with E-state index in [1.54, 1.807) is 30.5 Å². The molecule has 2 heterocycles. The standard InChI is InChI=1S/C28H32FN3O3/c1-4-31(18-21-8-5-6-10-26(21)35-24-13-11-22(29)12-14-24)23-15-17-32(19-23)27-25(9-7-16-30-27)28(33)34-20(2)3/h5-14,16,20,23H,4,15,17-19H2,1-3H3/t23-/m1/s1. The zero-order valence-corrected chi connectivity index (χ0v) is 20.5. The van der Waals surface area contributed by atoms with E-state index in [2.05, 4.69) is 27.8 Å². The van der Waals surface area contributed by atoms with Gasteiger partial charge in [-0.2, -0.15) is 0 Å². The molecule has 7 heteroatoms. The quantitative estimate of drug-likeness (QED) is 0.370. The Hall–Kier alpha value is -3.45. The number of nitrogens with zero attached hydrogens (tertiary/aromatic N) is 3. The first kappa shape index (κ1) is 24.7. The van der Waals surface area contributed by atoms with E-state index >= 15 is 0 Å². The molecule has 0 radical (unpaired) electrons. The molecule has 1 saturated heterocycles. The number of rotatable bonds is 9. The molecule has 1 aliphatic heterocycles. The molecule has 1 aliphatic rings. The number of aromatic nitrogens is 1. The molecule has 0 aliphatic carbocycles. The third-order valence-corrected chi connectivity index (χ3v) is 6.12. The average Bonchev–Trinajstić information content (AvgIpc) is 3.34. The minimum atomic E-state index is -0.342. The van der Waals surface area contributed by atoms with Crippen molar-refractivity contribution in [1.29, 1.82) is 0 Å². The maximum Gasteiger partial charge on any atom is 0.342 e. The van der Waals surface area contributed by atoms with E-state index in [-0.39, 0.29) is 17.9 Å². The van der Waals surface area contributed by atoms with Crippen molar-refractivity contribution < 1.29 is 18.7 Å². The van der Waals surface area contributed by atoms with Crippen LogP contribution in [0, 0.1) is 5.82 Å². The highest BCUT2D eigenvalue weighted by atomic mass is 19.1. The number of pyridine rings is 1. The van der Waals surface area contributed by atoms with Crippen LogP contribution in [0.15, 0.2) is 66.9 Å². The summed E-state index contributed by atoms with van der Waals surface area (Å²) < 4.78 is 24.8. The fourth-order valence-electron chi connectivity index (χ4n) is 4.40. The number of esters is 1. The molecular formula is C28H32FN3O3. The predicted molar refractivity (Wildman–Crippen MR) is 134 cm³/mol. The van der Waals surface area contributed by atoms with Crippen LogP contribution in [0.25, 0.3) is 0 Å². The molecule has 4 rings (SSSR count). The minimum absolute atomic E-state index is 0.185. The maximum atomic E-state index is 13.3. The maximum absolute atomic E-state index is 13.3. The molecule has 6 nitrogen and oxygen atoms in total. The van der Waals surface area contributed by atoms with Crippen LogP contribution in [0.5, 0.6) is 11.5 Å². The second-order valence-electron chi connectivity index (χ2n) is 8.94. The monoisotopic (exact) mass is 477 g/mol. The number of hydrogen-bond acceptors (Lipinski definition) is 6. The van der Waals surface area contributed by atoms with E-state index in [1.165, 1.54) is 12.1 Å². The van der Waals surface area contributed by atoms with Crippen molar-refractivity contribution in [3.63, 3.8) is 0 Å². The minimum Gasteiger partial charge on any atom is -0.459 e. The second kappa shape index (κ2) is 11.3. The molecule has 0 N–H and O–H groups in total. The Morgan fingerprint density at radius 3 is 2.66 bits per heavy atom. The smallest absolute Gasteiger partial charge is 0.342 e. The van der Waals surface area contributed by atoms with Gasteiger partial charge in [0.2, 0.25) is 0 Å². The van der Waals surface area contributed by atoms with E-state index in [4.69, 9.17) is 9.47 Å². The van der Waals surface area contributed by atoms with Crippen molar-refractivity contribution in [2.45, 2.75) is 45.9 Å². The van der Waals surface area contributed by atoms with Gasteiger partial charge in [0.25, 0.3) is 0 Å². The van der Waals surface area contributed by atoms with Crippen molar-refractivity contribution in [3.8, 4) is 11.5 Å². The summed E-state index contributed by atoms with van der Waals surface area (Å²) in [4.78, 5) is 21.7. The molecule has 3 aromatic rings. The fraction of sp³-hybridized carbons (Fsp3) is 0.357. The normalized spacial score (nSPS) is 15.6. The van der Waals surface area contributed by atoms with Crippen LogP contribution in [-0.4, -0.2) is 47.6 Å². The molecule has 1 atom stereocenters. The highest BCUT2D eigenvalue weighted by molar-refractivity contribution is 5.95. The topological polar surface area (TPSA) is 54.9 Å². The van der Waals surface area contributed by atoms with Gasteiger partial charge in [-0.1, -0.05) is 25.1 Å². The van der Waals surface area contributed by atoms with Crippen LogP contribution >= 0.6 is 0 Å². The molecule has 0 spiro atoms. The first-order chi connectivity index (χ1) is 16.9. The Balaban J connectivity index is 1.47. The van der Waals surface area contributed by atoms with E-state index in [9.17, 15) is 9.18 Å². The lowest BCUT2D eigenvalue weighted by Crippen LogP contribution is -2.37. The highest BCUT2D eigenvalue weighted by Gasteiger charge is 2.30. The Morgan fingerprint density at radius 1 is 1.14 bits per heavy atom. The molecule has 1 aromatic heterocycles. The summed E-state index contributed by atoms with van der Waals surface area (Å²) in [7, 11) is 0. The number of likely N-dealkylation sites (N-methyl/N-ethyl adjacent to an activating group) is 1. The van der Waals surface area contributed by atoms with Crippen molar-refractivity contribution in [3.05, 3.63) is 83.8 Å². The average molecular weight is 478 g/mol. The van der Waals surface area contributed by atoms with Crippen molar-refractivity contribution in [2.75, 3.05) is 24.5 Å². The zero-order valence-electron chi connectivity index (χ0n) is 20.5. The summed E-state index contributed by atoms with van der Waals surface area (Å²) in [6, 6.07) is 17.8. The number of para-hydroxylation sites is 1. The molecule has 0 saturated carbocycles. The van der Waals surface area contributed by atoms with Crippen LogP contribution in [0.1, 0.15) is 43.1 Å². The van der Waals surface area contributed by atoms with Crippen LogP contribution in [-0.2, 0) is 11.3 Å². The number of carbonyl (C=O) groups excluding carboxylic acids is 1. The molecule has 0 bridgehead atoms. The highest BCUT2D eigenvalue weighted by Crippen LogP contribution is 2.30. The summed E-state index contributed by atoms with van der Waals surface area (Å²) in [5.41, 5.74) is 1.57. The second-order valence-corrected chi connectivity index (χ2v) is 8.94. The third kappa shape index (κ3) is 6.17. The first-order valence-corrected chi connectivity index (χ1v) is 12.1. The summed E-state index contributed by atoms with van der Waals surface area (Å²) in [5.74, 6) is 1.41. The Morgan fingerprint density at radius 2 is 1.91 bits per heavy atom. The number of halogens is 1. The lowest BCUT2D eigenvalue weighted by molar-refractivity contribution is 0.0378. The summed E-state index contributed by atoms with van der Waals surface area (Å²) in [5, 5.41) is 0. The molecule has 2 aromatic carbocycles. The Kier molecular flexibility index (Phi) is 7.98. The summed E-state index contributed by atoms with van der Waals surface area (Å²) >= 11 is 0. The molecule has 184 valence electrons. The van der Waals surface area contributed by atoms with Crippen LogP contribution in [0.4, 0.5) is 10.2 Å². The van der Waals surface area contributed by atoms with Gasteiger partial charge in [0, 0.05) is 37.4 Å². The van der Waals surface area contributed by atoms with E-state index < -0.39 is 0 Å². The van der Waals surface area contributed by atoms with Gasteiger partial charge in [-0.3, -0.25) is 4.90 Å². The van der Waals surface area contributed by atoms with E-state index in [0.717, 1.165) is 43.9 Å². The van der Waals surface area contributed by atoms with Crippen LogP contribution in [0.2, 0.25) is 0 Å². The Bertz CT molecular complexity index is 1140. The Labute approximate surface area is 206 Å². The molecular weight excluding hydrogens is 445 g/mol. The summed E-state index contributed by atoms with van der Waals surface area (Å²) in [6.45, 7) is 9.01. The number of benzene rings is 2. The van der Waals surface area contributed by atoms with Gasteiger partial charge in [0.1, 0.15) is 28.7 Å². The first-order valence-electron chi connectivity index (χ1n) is 12.1. The van der Waals surface area contributed by atoms with Crippen LogP contribution < -0.4 is 9.64 Å². The van der Waals surface area contributed by atoms with Gasteiger partial charge in [0.15, 0.2) is 0 Å². The van der Waals surface area contributed by atoms with Gasteiger partial charge in [-0.25, -0.2) is 14.2 Å². The van der Waals surface area contributed by atoms with Gasteiger partial charge in [-0.05, 0) is 69.3 Å². The van der Waals surface area contributed by atoms with Crippen molar-refractivity contribution >= 4 is 11.8 Å². The van der Waals surface area contributed by atoms with Crippen molar-refractivity contribution in [2.24, 2.45) is 0 Å². The zero-order chi connectivity index (χ0) is 24.8. The van der Waals surface area contributed by atoms with Crippen molar-refractivity contribution in [1.82, 2.24) is 9.88 Å². The molecule has 0 unspecified atom stereocenters. The lowest BCUT2D eigenvalue weighted by Gasteiger charge is -2.29. The predicted octanol–water partition coefficient (Wildman–Crippen LogP) is 5.68. The van der Waals surface area contributed by atoms with Gasteiger partial charge in [-0.15, -0.1) is 0 Å². The van der Waals surface area contributed by atoms with Gasteiger partial charge in [0.05, 0.1) is 6.10 Å². The molecule has 35 heavy (non-hydrogen) atoms. The van der Waals surface area contributed by atoms with E-state index in [0.29, 0.717) is 23.2 Å². The van der Waals surface area contributed by atoms with Gasteiger partial charge < -0.3 is 14.4 Å². The SMILES string of the molecule is CCN(Cc1ccccc1Oc1ccc(F)cc1)[C@@H]1CCN(c2ncccc2C(=O)OC(C)C)C1. The third-order valence-electron chi connectivity index (χ3n) is 6.12. The van der Waals surface area contributed by atoms with E-state index in [1.807, 2.05) is 32.0 Å². The van der Waals surface area contributed by atoms with Gasteiger partial charge >= 0.3 is 5.97 Å². The van der Waals surface area contributed by atoms with Crippen LogP contribution in [0.3, 0.4) is 0 Å². The summed E-state index contributed by atoms with van der Waals surface area (Å²) in [6.07, 6.45) is 2.49. The largest absolute Gasteiger partial charge is 0.459 e. The lowest BCUT2D eigenvalue weighted by atomic mass is 10.1. The molecule has 0 amide bonds. The number of carbonyl (C=O) groups is 1. The fourth-order valence-corrected chi connectivity index (χ4v) is 4.40. The number of anilines is 1. The number of ether oxygens (including phenoxy) is 2. The number of hydrogen-bond donors (Lipinski definition) is 0.